The van der Waals surface area contributed by atoms with Crippen LogP contribution >= 0.6 is 0 Å². The summed E-state index contributed by atoms with van der Waals surface area (Å²) in [6, 6.07) is 43.1. The Morgan fingerprint density at radius 2 is 0.576 bits per heavy atom. The van der Waals surface area contributed by atoms with Crippen LogP contribution in [0, 0.1) is 35.5 Å². The number of esters is 4. The van der Waals surface area contributed by atoms with E-state index >= 15 is 0 Å². The molecular formula is C58H50O8. The summed E-state index contributed by atoms with van der Waals surface area (Å²) in [6.45, 7) is 0.811. The van der Waals surface area contributed by atoms with E-state index in [1.807, 2.05) is 121 Å². The van der Waals surface area contributed by atoms with E-state index in [1.165, 1.54) is 0 Å². The van der Waals surface area contributed by atoms with Crippen molar-refractivity contribution in [2.24, 2.45) is 23.7 Å². The van der Waals surface area contributed by atoms with E-state index in [1.54, 1.807) is 0 Å². The Kier molecular flexibility index (Phi) is 12.3. The largest absolute Gasteiger partial charge is 0.461 e. The van der Waals surface area contributed by atoms with Crippen molar-refractivity contribution in [3.8, 4) is 11.8 Å². The van der Waals surface area contributed by atoms with Crippen LogP contribution in [0.15, 0.2) is 133 Å². The fourth-order valence-corrected chi connectivity index (χ4v) is 10.3. The Balaban J connectivity index is 0.969. The molecule has 0 aliphatic heterocycles. The van der Waals surface area contributed by atoms with Crippen LogP contribution in [-0.2, 0) is 116 Å². The van der Waals surface area contributed by atoms with Crippen molar-refractivity contribution in [3.05, 3.63) is 211 Å². The first kappa shape index (κ1) is 42.7. The molecule has 4 atom stereocenters. The lowest BCUT2D eigenvalue weighted by atomic mass is 9.91. The topological polar surface area (TPSA) is 105 Å². The predicted molar refractivity (Wildman–Crippen MR) is 247 cm³/mol. The van der Waals surface area contributed by atoms with E-state index in [-0.39, 0.29) is 74.0 Å². The summed E-state index contributed by atoms with van der Waals surface area (Å²) in [5.74, 6) is 4.86. The van der Waals surface area contributed by atoms with Gasteiger partial charge in [0, 0.05) is 11.1 Å². The van der Waals surface area contributed by atoms with Crippen LogP contribution in [0.1, 0.15) is 77.9 Å². The normalized spacial score (nSPS) is 18.5. The number of carbonyl (C=O) groups excluding carboxylic acids is 4. The SMILES string of the molecule is O=C(OCc1ccccc1)[C@H]1Cc2cc3c(c(C#Cc4c5c(cc6c4C[C@@H](C(=O)OCc4ccccc4)C6)C[C@H](C(=O)OCc4ccccc4)C5)c2C1)C[C@@H](C(=O)OCc1ccccc1)C3. The molecular weight excluding hydrogens is 825 g/mol. The number of rotatable bonds is 12. The standard InChI is InChI=1S/C58H50O8/c59-55(63-33-37-13-5-1-6-14-37)45-25-41-23-42-26-46(56(60)64-34-38-15-7-2-8-16-38)30-52(42)49(51(41)29-45)21-22-50-53-31-47(57(61)65-35-39-17-9-3-10-18-39)27-43(53)24-44-28-48(32-54(44)50)58(62)66-36-40-19-11-4-12-20-40/h1-20,23-24,45-48H,25-36H2/t45-,46-,47-,48-/m0/s1. The van der Waals surface area contributed by atoms with Crippen molar-refractivity contribution in [1.82, 2.24) is 0 Å². The molecule has 10 rings (SSSR count). The van der Waals surface area contributed by atoms with Gasteiger partial charge in [-0.05, 0) is 118 Å². The quantitative estimate of drug-likeness (QED) is 0.0683. The van der Waals surface area contributed by atoms with Gasteiger partial charge in [0.05, 0.1) is 23.7 Å². The molecule has 0 radical (unpaired) electrons. The fraction of sp³-hybridized carbons (Fsp3) is 0.276. The van der Waals surface area contributed by atoms with Gasteiger partial charge in [-0.2, -0.15) is 0 Å². The highest BCUT2D eigenvalue weighted by atomic mass is 16.5. The van der Waals surface area contributed by atoms with Crippen molar-refractivity contribution >= 4 is 23.9 Å². The number of hydrogen-bond acceptors (Lipinski definition) is 8. The maximum absolute atomic E-state index is 13.6. The number of ether oxygens (including phenoxy) is 4. The number of fused-ring (bicyclic) bond motifs is 4. The molecule has 0 saturated heterocycles. The molecule has 0 saturated carbocycles. The van der Waals surface area contributed by atoms with Gasteiger partial charge >= 0.3 is 23.9 Å². The molecule has 8 heteroatoms. The van der Waals surface area contributed by atoms with Gasteiger partial charge in [-0.1, -0.05) is 145 Å². The van der Waals surface area contributed by atoms with E-state index in [0.717, 1.165) is 77.9 Å². The van der Waals surface area contributed by atoms with Crippen molar-refractivity contribution in [1.29, 1.82) is 0 Å². The Bertz CT molecular complexity index is 2490. The van der Waals surface area contributed by atoms with Gasteiger partial charge < -0.3 is 18.9 Å². The summed E-state index contributed by atoms with van der Waals surface area (Å²) in [5, 5.41) is 0. The third-order valence-electron chi connectivity index (χ3n) is 13.7. The van der Waals surface area contributed by atoms with Gasteiger partial charge in [-0.25, -0.2) is 0 Å². The maximum atomic E-state index is 13.6. The van der Waals surface area contributed by atoms with Crippen LogP contribution in [0.25, 0.3) is 0 Å². The molecule has 4 aliphatic rings. The Labute approximate surface area is 385 Å². The second-order valence-electron chi connectivity index (χ2n) is 18.1. The fourth-order valence-electron chi connectivity index (χ4n) is 10.3. The number of carbonyl (C=O) groups is 4. The van der Waals surface area contributed by atoms with E-state index in [0.29, 0.717) is 51.4 Å². The van der Waals surface area contributed by atoms with Crippen LogP contribution in [0.5, 0.6) is 0 Å². The molecule has 0 fully saturated rings. The minimum Gasteiger partial charge on any atom is -0.461 e. The monoisotopic (exact) mass is 874 g/mol. The molecule has 0 aromatic heterocycles. The van der Waals surface area contributed by atoms with Crippen molar-refractivity contribution in [3.63, 3.8) is 0 Å². The lowest BCUT2D eigenvalue weighted by Crippen LogP contribution is -2.18. The molecule has 0 heterocycles. The molecule has 0 N–H and O–H groups in total. The first-order valence-corrected chi connectivity index (χ1v) is 23.0. The molecule has 66 heavy (non-hydrogen) atoms. The molecule has 0 unspecified atom stereocenters. The summed E-state index contributed by atoms with van der Waals surface area (Å²) < 4.78 is 23.4. The van der Waals surface area contributed by atoms with E-state index in [2.05, 4.69) is 24.0 Å². The number of hydrogen-bond donors (Lipinski definition) is 0. The molecule has 6 aromatic carbocycles. The Hall–Kier alpha value is -7.24. The minimum absolute atomic E-state index is 0.203. The van der Waals surface area contributed by atoms with Gasteiger partial charge in [-0.15, -0.1) is 0 Å². The third-order valence-corrected chi connectivity index (χ3v) is 13.7. The molecule has 6 aromatic rings. The van der Waals surface area contributed by atoms with Crippen LogP contribution < -0.4 is 0 Å². The van der Waals surface area contributed by atoms with Crippen LogP contribution in [0.2, 0.25) is 0 Å². The Morgan fingerprint density at radius 3 is 0.803 bits per heavy atom. The van der Waals surface area contributed by atoms with Crippen molar-refractivity contribution < 1.29 is 38.1 Å². The zero-order valence-electron chi connectivity index (χ0n) is 36.8. The minimum atomic E-state index is -0.367. The third kappa shape index (κ3) is 9.30. The first-order chi connectivity index (χ1) is 32.3. The average Bonchev–Trinajstić information content (AvgIpc) is 4.18. The summed E-state index contributed by atoms with van der Waals surface area (Å²) in [5.41, 5.74) is 13.6. The zero-order chi connectivity index (χ0) is 45.0. The highest BCUT2D eigenvalue weighted by Gasteiger charge is 2.39. The lowest BCUT2D eigenvalue weighted by Gasteiger charge is -2.12. The van der Waals surface area contributed by atoms with Crippen molar-refractivity contribution in [2.45, 2.75) is 77.8 Å². The molecule has 4 aliphatic carbocycles. The first-order valence-electron chi connectivity index (χ1n) is 23.0. The van der Waals surface area contributed by atoms with E-state index in [9.17, 15) is 19.2 Å². The van der Waals surface area contributed by atoms with Gasteiger partial charge in [0.25, 0.3) is 0 Å². The van der Waals surface area contributed by atoms with Gasteiger partial charge in [-0.3, -0.25) is 19.2 Å². The summed E-state index contributed by atoms with van der Waals surface area (Å²) in [4.78, 5) is 54.6. The van der Waals surface area contributed by atoms with Gasteiger partial charge in [0.1, 0.15) is 26.4 Å². The summed E-state index contributed by atoms with van der Waals surface area (Å²) >= 11 is 0. The van der Waals surface area contributed by atoms with Crippen molar-refractivity contribution in [2.75, 3.05) is 0 Å². The zero-order valence-corrected chi connectivity index (χ0v) is 36.8. The molecule has 8 nitrogen and oxygen atoms in total. The van der Waals surface area contributed by atoms with Crippen LogP contribution in [0.4, 0.5) is 0 Å². The second kappa shape index (κ2) is 19.1. The van der Waals surface area contributed by atoms with E-state index in [4.69, 9.17) is 18.9 Å². The highest BCUT2D eigenvalue weighted by molar-refractivity contribution is 5.80. The number of benzene rings is 6. The Morgan fingerprint density at radius 1 is 0.348 bits per heavy atom. The highest BCUT2D eigenvalue weighted by Crippen LogP contribution is 2.42. The van der Waals surface area contributed by atoms with Crippen LogP contribution in [-0.4, -0.2) is 23.9 Å². The molecule has 0 amide bonds. The predicted octanol–water partition coefficient (Wildman–Crippen LogP) is 8.92. The smallest absolute Gasteiger partial charge is 0.309 e. The van der Waals surface area contributed by atoms with E-state index < -0.39 is 0 Å². The summed E-state index contributed by atoms with van der Waals surface area (Å²) in [7, 11) is 0. The lowest BCUT2D eigenvalue weighted by molar-refractivity contribution is -0.150. The van der Waals surface area contributed by atoms with Gasteiger partial charge in [0.2, 0.25) is 0 Å². The second-order valence-corrected chi connectivity index (χ2v) is 18.1. The molecule has 330 valence electrons. The van der Waals surface area contributed by atoms with Gasteiger partial charge in [0.15, 0.2) is 0 Å². The van der Waals surface area contributed by atoms with Crippen LogP contribution in [0.3, 0.4) is 0 Å². The molecule has 0 spiro atoms. The average molecular weight is 875 g/mol. The maximum Gasteiger partial charge on any atom is 0.309 e. The summed E-state index contributed by atoms with van der Waals surface area (Å²) in [6.07, 6.45) is 3.96. The molecule has 0 bridgehead atoms.